The van der Waals surface area contributed by atoms with Gasteiger partial charge in [0.2, 0.25) is 0 Å². The summed E-state index contributed by atoms with van der Waals surface area (Å²) in [5.41, 5.74) is 6.37. The number of rotatable bonds is 5. The first-order valence-corrected chi connectivity index (χ1v) is 10.1. The van der Waals surface area contributed by atoms with Crippen molar-refractivity contribution < 1.29 is 18.7 Å². The van der Waals surface area contributed by atoms with Crippen LogP contribution in [0.5, 0.6) is 5.75 Å². The first kappa shape index (κ1) is 21.4. The van der Waals surface area contributed by atoms with Crippen LogP contribution >= 0.6 is 11.6 Å². The van der Waals surface area contributed by atoms with Crippen molar-refractivity contribution in [2.24, 2.45) is 0 Å². The average Bonchev–Trinajstić information content (AvgIpc) is 3.46. The minimum atomic E-state index is -0.554. The number of aromatic nitrogens is 3. The minimum absolute atomic E-state index is 0.0276. The van der Waals surface area contributed by atoms with Crippen molar-refractivity contribution in [1.82, 2.24) is 25.6 Å². The number of nitrogens with one attached hydrogen (secondary N) is 2. The molecule has 3 heterocycles. The molecule has 0 saturated carbocycles. The fraction of sp³-hybridized carbons (Fsp3) is 0.182. The van der Waals surface area contributed by atoms with Crippen LogP contribution in [0.2, 0.25) is 5.02 Å². The van der Waals surface area contributed by atoms with E-state index in [4.69, 9.17) is 20.8 Å². The van der Waals surface area contributed by atoms with Gasteiger partial charge in [-0.05, 0) is 50.2 Å². The van der Waals surface area contributed by atoms with Gasteiger partial charge in [0.25, 0.3) is 11.8 Å². The van der Waals surface area contributed by atoms with Gasteiger partial charge in [0.05, 0.1) is 36.1 Å². The molecule has 2 N–H and O–H groups in total. The highest BCUT2D eigenvalue weighted by atomic mass is 35.5. The van der Waals surface area contributed by atoms with Gasteiger partial charge in [0, 0.05) is 11.1 Å². The summed E-state index contributed by atoms with van der Waals surface area (Å²) < 4.78 is 12.4. The van der Waals surface area contributed by atoms with Crippen molar-refractivity contribution in [3.8, 4) is 17.2 Å². The molecule has 2 amide bonds. The lowest BCUT2D eigenvalue weighted by molar-refractivity contribution is 0.0846. The molecule has 0 unspecified atom stereocenters. The van der Waals surface area contributed by atoms with Crippen LogP contribution in [0.3, 0.4) is 0 Å². The van der Waals surface area contributed by atoms with Crippen LogP contribution in [0.4, 0.5) is 0 Å². The molecule has 0 saturated heterocycles. The van der Waals surface area contributed by atoms with Gasteiger partial charge in [0.15, 0.2) is 11.4 Å². The number of hydrogen-bond donors (Lipinski definition) is 2. The Balaban J connectivity index is 1.65. The second kappa shape index (κ2) is 8.72. The number of halogens is 1. The van der Waals surface area contributed by atoms with Crippen molar-refractivity contribution in [2.45, 2.75) is 19.9 Å². The fourth-order valence-electron chi connectivity index (χ4n) is 3.24. The molecule has 0 radical (unpaired) electrons. The Bertz CT molecular complexity index is 1300. The molecule has 0 bridgehead atoms. The summed E-state index contributed by atoms with van der Waals surface area (Å²) in [5.74, 6) is -0.294. The van der Waals surface area contributed by atoms with Crippen LogP contribution in [-0.2, 0) is 0 Å². The van der Waals surface area contributed by atoms with Gasteiger partial charge in [0.1, 0.15) is 11.4 Å². The fourth-order valence-corrected chi connectivity index (χ4v) is 3.40. The van der Waals surface area contributed by atoms with E-state index in [2.05, 4.69) is 20.9 Å². The van der Waals surface area contributed by atoms with Gasteiger partial charge in [-0.3, -0.25) is 20.4 Å². The van der Waals surface area contributed by atoms with E-state index in [0.717, 1.165) is 0 Å². The summed E-state index contributed by atoms with van der Waals surface area (Å²) in [6.45, 7) is 3.93. The third-order valence-electron chi connectivity index (χ3n) is 4.77. The molecule has 3 aromatic heterocycles. The van der Waals surface area contributed by atoms with Crippen LogP contribution in [0, 0.1) is 0 Å². The summed E-state index contributed by atoms with van der Waals surface area (Å²) in [5, 5.41) is 5.33. The molecule has 0 spiro atoms. The standard InChI is InChI=1S/C22H20ClN5O4/c1-12(2)28-20-16(11-24-28)15(10-17(25-20)18-5-4-8-32-18)22(30)27-26-21(29)14-7-6-13(23)9-19(14)31-3/h4-12H,1-3H3,(H,26,29)(H,27,30). The smallest absolute Gasteiger partial charge is 0.273 e. The molecule has 164 valence electrons. The summed E-state index contributed by atoms with van der Waals surface area (Å²) in [4.78, 5) is 30.2. The second-order valence-electron chi connectivity index (χ2n) is 7.21. The van der Waals surface area contributed by atoms with E-state index >= 15 is 0 Å². The third kappa shape index (κ3) is 4.02. The lowest BCUT2D eigenvalue weighted by Crippen LogP contribution is -2.41. The number of nitrogens with zero attached hydrogens (tertiary/aromatic N) is 3. The van der Waals surface area contributed by atoms with E-state index in [1.54, 1.807) is 35.1 Å². The Kier molecular flexibility index (Phi) is 5.83. The topological polar surface area (TPSA) is 111 Å². The number of carbonyl (C=O) groups excluding carboxylic acids is 2. The predicted octanol–water partition coefficient (Wildman–Crippen LogP) is 4.01. The summed E-state index contributed by atoms with van der Waals surface area (Å²) in [7, 11) is 1.43. The van der Waals surface area contributed by atoms with Crippen molar-refractivity contribution in [1.29, 1.82) is 0 Å². The number of hydrogen-bond acceptors (Lipinski definition) is 6. The molecular formula is C22H20ClN5O4. The normalized spacial score (nSPS) is 11.0. The second-order valence-corrected chi connectivity index (χ2v) is 7.64. The number of benzene rings is 1. The highest BCUT2D eigenvalue weighted by molar-refractivity contribution is 6.30. The molecule has 0 aliphatic heterocycles. The Hall–Kier alpha value is -3.85. The zero-order valence-electron chi connectivity index (χ0n) is 17.5. The maximum absolute atomic E-state index is 13.0. The number of ether oxygens (including phenoxy) is 1. The predicted molar refractivity (Wildman–Crippen MR) is 119 cm³/mol. The maximum atomic E-state index is 13.0. The SMILES string of the molecule is COc1cc(Cl)ccc1C(=O)NNC(=O)c1cc(-c2ccco2)nc2c1cnn2C(C)C. The van der Waals surface area contributed by atoms with Crippen LogP contribution in [0.25, 0.3) is 22.5 Å². The number of pyridine rings is 1. The lowest BCUT2D eigenvalue weighted by Gasteiger charge is -2.12. The molecule has 10 heteroatoms. The lowest BCUT2D eigenvalue weighted by atomic mass is 10.1. The first-order chi connectivity index (χ1) is 15.4. The van der Waals surface area contributed by atoms with Gasteiger partial charge < -0.3 is 9.15 Å². The highest BCUT2D eigenvalue weighted by Crippen LogP contribution is 2.27. The number of fused-ring (bicyclic) bond motifs is 1. The van der Waals surface area contributed by atoms with Gasteiger partial charge >= 0.3 is 0 Å². The van der Waals surface area contributed by atoms with Gasteiger partial charge in [-0.2, -0.15) is 5.10 Å². The Labute approximate surface area is 188 Å². The molecular weight excluding hydrogens is 434 g/mol. The van der Waals surface area contributed by atoms with Crippen LogP contribution in [-0.4, -0.2) is 33.7 Å². The van der Waals surface area contributed by atoms with Gasteiger partial charge in [-0.1, -0.05) is 11.6 Å². The summed E-state index contributed by atoms with van der Waals surface area (Å²) in [6, 6.07) is 9.69. The van der Waals surface area contributed by atoms with E-state index in [0.29, 0.717) is 27.5 Å². The van der Waals surface area contributed by atoms with E-state index < -0.39 is 11.8 Å². The van der Waals surface area contributed by atoms with Gasteiger partial charge in [-0.25, -0.2) is 9.67 Å². The zero-order valence-corrected chi connectivity index (χ0v) is 18.3. The quantitative estimate of drug-likeness (QED) is 0.442. The zero-order chi connectivity index (χ0) is 22.8. The number of methoxy groups -OCH3 is 1. The molecule has 9 nitrogen and oxygen atoms in total. The molecule has 0 atom stereocenters. The minimum Gasteiger partial charge on any atom is -0.496 e. The maximum Gasteiger partial charge on any atom is 0.273 e. The van der Waals surface area contributed by atoms with E-state index in [9.17, 15) is 9.59 Å². The molecule has 32 heavy (non-hydrogen) atoms. The largest absolute Gasteiger partial charge is 0.496 e. The summed E-state index contributed by atoms with van der Waals surface area (Å²) in [6.07, 6.45) is 3.10. The van der Waals surface area contributed by atoms with E-state index in [1.807, 2.05) is 13.8 Å². The summed E-state index contributed by atoms with van der Waals surface area (Å²) >= 11 is 5.94. The molecule has 4 aromatic rings. The van der Waals surface area contributed by atoms with E-state index in [-0.39, 0.29) is 22.9 Å². The average molecular weight is 454 g/mol. The Morgan fingerprint density at radius 2 is 1.88 bits per heavy atom. The number of carbonyl (C=O) groups is 2. The van der Waals surface area contributed by atoms with Crippen molar-refractivity contribution in [3.05, 3.63) is 65.0 Å². The Morgan fingerprint density at radius 3 is 2.53 bits per heavy atom. The molecule has 1 aromatic carbocycles. The highest BCUT2D eigenvalue weighted by Gasteiger charge is 2.20. The van der Waals surface area contributed by atoms with Crippen LogP contribution < -0.4 is 15.6 Å². The van der Waals surface area contributed by atoms with Crippen molar-refractivity contribution in [2.75, 3.05) is 7.11 Å². The molecule has 0 aliphatic carbocycles. The number of hydrazine groups is 1. The van der Waals surface area contributed by atoms with Crippen molar-refractivity contribution in [3.63, 3.8) is 0 Å². The number of amides is 2. The molecule has 0 aliphatic rings. The third-order valence-corrected chi connectivity index (χ3v) is 5.01. The monoisotopic (exact) mass is 453 g/mol. The Morgan fingerprint density at radius 1 is 1.12 bits per heavy atom. The van der Waals surface area contributed by atoms with Crippen LogP contribution in [0.1, 0.15) is 40.6 Å². The molecule has 0 fully saturated rings. The van der Waals surface area contributed by atoms with Crippen molar-refractivity contribution >= 4 is 34.4 Å². The van der Waals surface area contributed by atoms with Gasteiger partial charge in [-0.15, -0.1) is 0 Å². The van der Waals surface area contributed by atoms with Crippen LogP contribution in [0.15, 0.2) is 53.3 Å². The van der Waals surface area contributed by atoms with E-state index in [1.165, 1.54) is 25.5 Å². The first-order valence-electron chi connectivity index (χ1n) is 9.75. The number of furan rings is 1. The molecule has 4 rings (SSSR count).